The number of benzene rings is 2. The standard InChI is InChI=1S/C22H21ClN2O4/c1-14(22(27)25-19-13-16(23)8-11-20(19)28-2)29-21(26)12-10-17-9-7-15-5-3-4-6-18(15)24-17/h3-9,11,13-14H,10,12H2,1-2H3,(H,25,27). The summed E-state index contributed by atoms with van der Waals surface area (Å²) in [4.78, 5) is 29.0. The molecule has 1 aromatic heterocycles. The van der Waals surface area contributed by atoms with Crippen molar-refractivity contribution in [1.82, 2.24) is 4.98 Å². The van der Waals surface area contributed by atoms with E-state index in [1.54, 1.807) is 18.2 Å². The highest BCUT2D eigenvalue weighted by Gasteiger charge is 2.19. The van der Waals surface area contributed by atoms with E-state index in [1.165, 1.54) is 14.0 Å². The number of methoxy groups -OCH3 is 1. The third-order valence-electron chi connectivity index (χ3n) is 4.34. The summed E-state index contributed by atoms with van der Waals surface area (Å²) in [6, 6.07) is 16.5. The van der Waals surface area contributed by atoms with Crippen LogP contribution in [-0.2, 0) is 20.7 Å². The van der Waals surface area contributed by atoms with Crippen LogP contribution in [0.15, 0.2) is 54.6 Å². The molecule has 1 unspecified atom stereocenters. The second kappa shape index (κ2) is 9.39. The molecule has 0 spiro atoms. The molecule has 0 bridgehead atoms. The Morgan fingerprint density at radius 2 is 1.93 bits per heavy atom. The van der Waals surface area contributed by atoms with Crippen LogP contribution >= 0.6 is 11.6 Å². The smallest absolute Gasteiger partial charge is 0.306 e. The molecular formula is C22H21ClN2O4. The van der Waals surface area contributed by atoms with E-state index >= 15 is 0 Å². The van der Waals surface area contributed by atoms with E-state index in [0.29, 0.717) is 22.9 Å². The minimum absolute atomic E-state index is 0.128. The summed E-state index contributed by atoms with van der Waals surface area (Å²) in [6.07, 6.45) is -0.403. The van der Waals surface area contributed by atoms with E-state index in [4.69, 9.17) is 21.1 Å². The molecule has 0 aliphatic carbocycles. The number of anilines is 1. The number of esters is 1. The average Bonchev–Trinajstić information content (AvgIpc) is 2.72. The number of nitrogens with zero attached hydrogens (tertiary/aromatic N) is 1. The first kappa shape index (κ1) is 20.6. The number of ether oxygens (including phenoxy) is 2. The lowest BCUT2D eigenvalue weighted by Gasteiger charge is -2.15. The topological polar surface area (TPSA) is 77.5 Å². The highest BCUT2D eigenvalue weighted by atomic mass is 35.5. The number of pyridine rings is 1. The van der Waals surface area contributed by atoms with Crippen molar-refractivity contribution in [2.75, 3.05) is 12.4 Å². The van der Waals surface area contributed by atoms with E-state index < -0.39 is 18.0 Å². The molecule has 2 aromatic carbocycles. The van der Waals surface area contributed by atoms with Gasteiger partial charge >= 0.3 is 5.97 Å². The Balaban J connectivity index is 1.54. The van der Waals surface area contributed by atoms with Crippen molar-refractivity contribution in [3.8, 4) is 5.75 Å². The summed E-state index contributed by atoms with van der Waals surface area (Å²) < 4.78 is 10.4. The molecule has 0 fully saturated rings. The molecule has 0 saturated heterocycles. The van der Waals surface area contributed by atoms with Gasteiger partial charge in [-0.2, -0.15) is 0 Å². The van der Waals surface area contributed by atoms with Crippen molar-refractivity contribution in [3.63, 3.8) is 0 Å². The lowest BCUT2D eigenvalue weighted by Crippen LogP contribution is -2.30. The Morgan fingerprint density at radius 3 is 2.72 bits per heavy atom. The molecule has 29 heavy (non-hydrogen) atoms. The van der Waals surface area contributed by atoms with E-state index in [0.717, 1.165) is 16.6 Å². The summed E-state index contributed by atoms with van der Waals surface area (Å²) in [5.74, 6) is -0.480. The van der Waals surface area contributed by atoms with Gasteiger partial charge in [-0.3, -0.25) is 14.6 Å². The fourth-order valence-electron chi connectivity index (χ4n) is 2.80. The largest absolute Gasteiger partial charge is 0.495 e. The number of carbonyl (C=O) groups excluding carboxylic acids is 2. The monoisotopic (exact) mass is 412 g/mol. The number of hydrogen-bond donors (Lipinski definition) is 1. The number of nitrogens with one attached hydrogen (secondary N) is 1. The number of aromatic nitrogens is 1. The maximum atomic E-state index is 12.3. The first-order chi connectivity index (χ1) is 14.0. The molecule has 1 heterocycles. The van der Waals surface area contributed by atoms with Crippen molar-refractivity contribution in [3.05, 3.63) is 65.3 Å². The quantitative estimate of drug-likeness (QED) is 0.582. The van der Waals surface area contributed by atoms with Crippen molar-refractivity contribution in [1.29, 1.82) is 0 Å². The molecule has 3 aromatic rings. The van der Waals surface area contributed by atoms with Crippen LogP contribution in [0, 0.1) is 0 Å². The highest BCUT2D eigenvalue weighted by Crippen LogP contribution is 2.27. The van der Waals surface area contributed by atoms with Crippen LogP contribution in [0.5, 0.6) is 5.75 Å². The number of halogens is 1. The summed E-state index contributed by atoms with van der Waals surface area (Å²) in [5, 5.41) is 4.16. The Labute approximate surface area is 173 Å². The predicted molar refractivity (Wildman–Crippen MR) is 112 cm³/mol. The minimum Gasteiger partial charge on any atom is -0.495 e. The Hall–Kier alpha value is -3.12. The molecule has 3 rings (SSSR count). The lowest BCUT2D eigenvalue weighted by atomic mass is 10.1. The van der Waals surface area contributed by atoms with Gasteiger partial charge in [0.05, 0.1) is 24.7 Å². The average molecular weight is 413 g/mol. The first-order valence-electron chi connectivity index (χ1n) is 9.15. The number of hydrogen-bond acceptors (Lipinski definition) is 5. The second-order valence-electron chi connectivity index (χ2n) is 6.46. The summed E-state index contributed by atoms with van der Waals surface area (Å²) >= 11 is 5.96. The zero-order valence-corrected chi connectivity index (χ0v) is 16.9. The SMILES string of the molecule is COc1ccc(Cl)cc1NC(=O)C(C)OC(=O)CCc1ccc2ccccc2n1. The molecule has 6 nitrogen and oxygen atoms in total. The molecule has 0 radical (unpaired) electrons. The Morgan fingerprint density at radius 1 is 1.14 bits per heavy atom. The van der Waals surface area contributed by atoms with Gasteiger partial charge in [0.25, 0.3) is 5.91 Å². The van der Waals surface area contributed by atoms with Gasteiger partial charge in [-0.05, 0) is 37.3 Å². The van der Waals surface area contributed by atoms with Crippen LogP contribution in [0.3, 0.4) is 0 Å². The number of amides is 1. The van der Waals surface area contributed by atoms with Crippen LogP contribution < -0.4 is 10.1 Å². The van der Waals surface area contributed by atoms with Crippen LogP contribution in [0.25, 0.3) is 10.9 Å². The Bertz CT molecular complexity index is 1040. The number of rotatable bonds is 7. The zero-order chi connectivity index (χ0) is 20.8. The van der Waals surface area contributed by atoms with Crippen molar-refractivity contribution in [2.24, 2.45) is 0 Å². The van der Waals surface area contributed by atoms with E-state index in [2.05, 4.69) is 10.3 Å². The highest BCUT2D eigenvalue weighted by molar-refractivity contribution is 6.31. The number of para-hydroxylation sites is 1. The lowest BCUT2D eigenvalue weighted by molar-refractivity contribution is -0.153. The molecule has 0 aliphatic rings. The second-order valence-corrected chi connectivity index (χ2v) is 6.90. The van der Waals surface area contributed by atoms with Crippen LogP contribution in [-0.4, -0.2) is 30.1 Å². The Kier molecular flexibility index (Phi) is 6.67. The fraction of sp³-hybridized carbons (Fsp3) is 0.227. The number of fused-ring (bicyclic) bond motifs is 1. The molecule has 0 aliphatic heterocycles. The van der Waals surface area contributed by atoms with Crippen molar-refractivity contribution >= 4 is 40.1 Å². The number of carbonyl (C=O) groups is 2. The molecule has 1 amide bonds. The summed E-state index contributed by atoms with van der Waals surface area (Å²) in [5.41, 5.74) is 2.08. The normalized spacial score (nSPS) is 11.7. The first-order valence-corrected chi connectivity index (χ1v) is 9.52. The van der Waals surface area contributed by atoms with Crippen molar-refractivity contribution in [2.45, 2.75) is 25.9 Å². The van der Waals surface area contributed by atoms with Gasteiger partial charge in [-0.1, -0.05) is 35.9 Å². The third-order valence-corrected chi connectivity index (χ3v) is 4.57. The molecule has 1 N–H and O–H groups in total. The molecule has 1 atom stereocenters. The zero-order valence-electron chi connectivity index (χ0n) is 16.1. The van der Waals surface area contributed by atoms with Gasteiger partial charge in [0.15, 0.2) is 6.10 Å². The fourth-order valence-corrected chi connectivity index (χ4v) is 2.97. The minimum atomic E-state index is -0.962. The predicted octanol–water partition coefficient (Wildman–Crippen LogP) is 4.40. The molecule has 7 heteroatoms. The van der Waals surface area contributed by atoms with Crippen LogP contribution in [0.1, 0.15) is 19.0 Å². The maximum Gasteiger partial charge on any atom is 0.306 e. The maximum absolute atomic E-state index is 12.3. The molecule has 150 valence electrons. The van der Waals surface area contributed by atoms with Gasteiger partial charge in [0, 0.05) is 22.5 Å². The summed E-state index contributed by atoms with van der Waals surface area (Å²) in [7, 11) is 1.49. The molecule has 0 saturated carbocycles. The summed E-state index contributed by atoms with van der Waals surface area (Å²) in [6.45, 7) is 1.51. The van der Waals surface area contributed by atoms with Gasteiger partial charge in [0.1, 0.15) is 5.75 Å². The van der Waals surface area contributed by atoms with E-state index in [1.807, 2.05) is 36.4 Å². The third kappa shape index (κ3) is 5.45. The number of aryl methyl sites for hydroxylation is 1. The van der Waals surface area contributed by atoms with Gasteiger partial charge in [-0.15, -0.1) is 0 Å². The van der Waals surface area contributed by atoms with Gasteiger partial charge < -0.3 is 14.8 Å². The van der Waals surface area contributed by atoms with Gasteiger partial charge in [0.2, 0.25) is 0 Å². The molecular weight excluding hydrogens is 392 g/mol. The van der Waals surface area contributed by atoms with E-state index in [9.17, 15) is 9.59 Å². The van der Waals surface area contributed by atoms with Gasteiger partial charge in [-0.25, -0.2) is 0 Å². The van der Waals surface area contributed by atoms with Crippen LogP contribution in [0.4, 0.5) is 5.69 Å². The van der Waals surface area contributed by atoms with Crippen molar-refractivity contribution < 1.29 is 19.1 Å². The van der Waals surface area contributed by atoms with Crippen LogP contribution in [0.2, 0.25) is 5.02 Å². The van der Waals surface area contributed by atoms with E-state index in [-0.39, 0.29) is 6.42 Å².